The largest absolute Gasteiger partial charge is 0.493 e. The fourth-order valence-corrected chi connectivity index (χ4v) is 4.17. The minimum Gasteiger partial charge on any atom is -0.493 e. The Labute approximate surface area is 180 Å². The van der Waals surface area contributed by atoms with Crippen molar-refractivity contribution in [2.45, 2.75) is 13.3 Å². The van der Waals surface area contributed by atoms with Crippen LogP contribution >= 0.6 is 23.1 Å². The molecule has 152 valence electrons. The zero-order chi connectivity index (χ0) is 21.3. The van der Waals surface area contributed by atoms with Gasteiger partial charge in [0.05, 0.1) is 12.7 Å². The molecule has 1 aromatic carbocycles. The van der Waals surface area contributed by atoms with Gasteiger partial charge in [-0.2, -0.15) is 15.1 Å². The number of thioether (sulfide) groups is 1. The summed E-state index contributed by atoms with van der Waals surface area (Å²) in [4.78, 5) is 29.2. The van der Waals surface area contributed by atoms with Gasteiger partial charge >= 0.3 is 5.97 Å². The van der Waals surface area contributed by atoms with E-state index in [0.29, 0.717) is 27.8 Å². The van der Waals surface area contributed by atoms with Crippen LogP contribution in [0.1, 0.15) is 28.6 Å². The van der Waals surface area contributed by atoms with Crippen LogP contribution in [-0.4, -0.2) is 40.0 Å². The molecule has 0 radical (unpaired) electrons. The van der Waals surface area contributed by atoms with E-state index in [2.05, 4.69) is 10.1 Å². The molecule has 0 atom stereocenters. The number of aliphatic imine (C=N–C) groups is 1. The maximum absolute atomic E-state index is 12.5. The molecule has 0 spiro atoms. The first kappa shape index (κ1) is 20.0. The number of amides is 1. The Bertz CT molecular complexity index is 1140. The van der Waals surface area contributed by atoms with E-state index in [1.165, 1.54) is 35.2 Å². The third-order valence-electron chi connectivity index (χ3n) is 4.22. The summed E-state index contributed by atoms with van der Waals surface area (Å²) in [6.07, 6.45) is 2.24. The van der Waals surface area contributed by atoms with Gasteiger partial charge in [-0.25, -0.2) is 4.79 Å². The lowest BCUT2D eigenvalue weighted by Crippen LogP contribution is -2.35. The first-order valence-corrected chi connectivity index (χ1v) is 10.6. The zero-order valence-electron chi connectivity index (χ0n) is 16.0. The van der Waals surface area contributed by atoms with Crippen molar-refractivity contribution in [3.63, 3.8) is 0 Å². The molecule has 1 N–H and O–H groups in total. The van der Waals surface area contributed by atoms with E-state index in [0.717, 1.165) is 5.04 Å². The van der Waals surface area contributed by atoms with Crippen LogP contribution in [0.25, 0.3) is 6.08 Å². The number of carbonyl (C=O) groups is 2. The van der Waals surface area contributed by atoms with E-state index >= 15 is 0 Å². The average molecular weight is 441 g/mol. The fraction of sp³-hybridized carbons (Fsp3) is 0.150. The lowest BCUT2D eigenvalue weighted by Gasteiger charge is -2.20. The Morgan fingerprint density at radius 2 is 2.13 bits per heavy atom. The predicted molar refractivity (Wildman–Crippen MR) is 118 cm³/mol. The Balaban J connectivity index is 1.61. The van der Waals surface area contributed by atoms with Crippen LogP contribution in [0.3, 0.4) is 0 Å². The molecule has 2 aromatic rings. The number of nitrogens with zero attached hydrogens (tertiary/aromatic N) is 3. The number of fused-ring (bicyclic) bond motifs is 1. The van der Waals surface area contributed by atoms with E-state index in [4.69, 9.17) is 14.9 Å². The molecule has 2 aliphatic rings. The van der Waals surface area contributed by atoms with Gasteiger partial charge in [-0.05, 0) is 53.4 Å². The van der Waals surface area contributed by atoms with Gasteiger partial charge in [-0.15, -0.1) is 11.3 Å². The fourth-order valence-electron chi connectivity index (χ4n) is 2.74. The maximum atomic E-state index is 12.5. The summed E-state index contributed by atoms with van der Waals surface area (Å²) in [5.74, 6) is -0.420. The van der Waals surface area contributed by atoms with Crippen LogP contribution in [0.5, 0.6) is 11.5 Å². The van der Waals surface area contributed by atoms with Crippen LogP contribution in [0.15, 0.2) is 51.4 Å². The van der Waals surface area contributed by atoms with Crippen LogP contribution < -0.4 is 9.47 Å². The molecule has 3 heterocycles. The van der Waals surface area contributed by atoms with Crippen LogP contribution in [0.2, 0.25) is 0 Å². The van der Waals surface area contributed by atoms with Gasteiger partial charge in [0, 0.05) is 0 Å². The zero-order valence-corrected chi connectivity index (χ0v) is 17.7. The Morgan fingerprint density at radius 1 is 1.30 bits per heavy atom. The summed E-state index contributed by atoms with van der Waals surface area (Å²) in [6, 6.07) is 8.33. The van der Waals surface area contributed by atoms with Crippen molar-refractivity contribution in [3.8, 4) is 11.5 Å². The highest BCUT2D eigenvalue weighted by atomic mass is 32.2. The number of benzene rings is 1. The van der Waals surface area contributed by atoms with Crippen molar-refractivity contribution in [1.29, 1.82) is 5.41 Å². The molecule has 0 fully saturated rings. The van der Waals surface area contributed by atoms with Crippen molar-refractivity contribution in [3.05, 3.63) is 51.7 Å². The lowest BCUT2D eigenvalue weighted by atomic mass is 10.1. The van der Waals surface area contributed by atoms with Crippen molar-refractivity contribution >= 4 is 57.1 Å². The number of carbonyl (C=O) groups excluding carboxylic acids is 2. The summed E-state index contributed by atoms with van der Waals surface area (Å²) in [7, 11) is 1.46. The number of hydrogen-bond acceptors (Lipinski definition) is 8. The average Bonchev–Trinajstić information content (AvgIpc) is 3.42. The molecule has 0 saturated carbocycles. The number of thiophene rings is 1. The van der Waals surface area contributed by atoms with Gasteiger partial charge in [0.15, 0.2) is 17.3 Å². The molecule has 10 heteroatoms. The molecule has 0 saturated heterocycles. The van der Waals surface area contributed by atoms with E-state index in [-0.39, 0.29) is 17.2 Å². The van der Waals surface area contributed by atoms with E-state index in [1.807, 2.05) is 6.92 Å². The molecule has 0 bridgehead atoms. The summed E-state index contributed by atoms with van der Waals surface area (Å²) in [6.45, 7) is 1.95. The van der Waals surface area contributed by atoms with E-state index in [1.54, 1.807) is 41.8 Å². The second-order valence-electron chi connectivity index (χ2n) is 6.14. The molecule has 1 aromatic heterocycles. The number of nitrogens with one attached hydrogen (secondary N) is 1. The minimum atomic E-state index is -0.501. The number of methoxy groups -OCH3 is 1. The van der Waals surface area contributed by atoms with Gasteiger partial charge in [0.2, 0.25) is 5.17 Å². The van der Waals surface area contributed by atoms with Gasteiger partial charge in [0.25, 0.3) is 5.91 Å². The highest BCUT2D eigenvalue weighted by Crippen LogP contribution is 2.32. The van der Waals surface area contributed by atoms with Crippen LogP contribution in [0, 0.1) is 5.41 Å². The second-order valence-corrected chi connectivity index (χ2v) is 8.13. The molecule has 0 aliphatic carbocycles. The van der Waals surface area contributed by atoms with Crippen LogP contribution in [-0.2, 0) is 4.79 Å². The van der Waals surface area contributed by atoms with Gasteiger partial charge < -0.3 is 9.47 Å². The van der Waals surface area contributed by atoms with Crippen molar-refractivity contribution in [1.82, 2.24) is 5.01 Å². The quantitative estimate of drug-likeness (QED) is 0.428. The molecular weight excluding hydrogens is 424 g/mol. The molecule has 8 nitrogen and oxygen atoms in total. The maximum Gasteiger partial charge on any atom is 0.353 e. The van der Waals surface area contributed by atoms with Crippen molar-refractivity contribution in [2.75, 3.05) is 7.11 Å². The summed E-state index contributed by atoms with van der Waals surface area (Å²) >= 11 is 2.58. The second kappa shape index (κ2) is 8.25. The normalized spacial score (nSPS) is 17.0. The van der Waals surface area contributed by atoms with Gasteiger partial charge in [-0.3, -0.25) is 10.2 Å². The topological polar surface area (TPSA) is 104 Å². The van der Waals surface area contributed by atoms with Gasteiger partial charge in [-0.1, -0.05) is 19.1 Å². The number of esters is 1. The molecule has 30 heavy (non-hydrogen) atoms. The standard InChI is InChI=1S/C20H16N4O4S2/c1-3-16-23-24-17(21)12(18(25)22-20(24)30-16)9-11-6-7-13(14(10-11)27-2)28-19(26)15-5-4-8-29-15/h4-10,21H,3H2,1-2H3/b12-9-,21-17?. The third-order valence-corrected chi connectivity index (χ3v) is 6.13. The third kappa shape index (κ3) is 3.79. The number of hydrogen-bond donors (Lipinski definition) is 1. The molecule has 4 rings (SSSR count). The number of hydrazone groups is 1. The Morgan fingerprint density at radius 3 is 2.83 bits per heavy atom. The monoisotopic (exact) mass is 440 g/mol. The van der Waals surface area contributed by atoms with Gasteiger partial charge in [0.1, 0.15) is 9.92 Å². The molecule has 0 unspecified atom stereocenters. The highest BCUT2D eigenvalue weighted by molar-refractivity contribution is 8.26. The summed E-state index contributed by atoms with van der Waals surface area (Å²) in [5.41, 5.74) is 0.715. The lowest BCUT2D eigenvalue weighted by molar-refractivity contribution is -0.114. The van der Waals surface area contributed by atoms with Crippen LogP contribution in [0.4, 0.5) is 0 Å². The summed E-state index contributed by atoms with van der Waals surface area (Å²) in [5, 5.41) is 17.0. The van der Waals surface area contributed by atoms with Crippen molar-refractivity contribution < 1.29 is 19.1 Å². The predicted octanol–water partition coefficient (Wildman–Crippen LogP) is 4.01. The smallest absolute Gasteiger partial charge is 0.353 e. The minimum absolute atomic E-state index is 0.0342. The molecular formula is C20H16N4O4S2. The SMILES string of the molecule is CCC1=NN2C(=N)/C(=C/c3ccc(OC(=O)c4cccs4)c(OC)c3)C(=O)N=C2S1. The summed E-state index contributed by atoms with van der Waals surface area (Å²) < 4.78 is 10.8. The number of rotatable bonds is 5. The molecule has 2 aliphatic heterocycles. The highest BCUT2D eigenvalue weighted by Gasteiger charge is 2.35. The van der Waals surface area contributed by atoms with Crippen molar-refractivity contribution in [2.24, 2.45) is 10.1 Å². The van der Waals surface area contributed by atoms with E-state index < -0.39 is 11.9 Å². The van der Waals surface area contributed by atoms with E-state index in [9.17, 15) is 9.59 Å². The molecule has 1 amide bonds. The first-order valence-electron chi connectivity index (χ1n) is 8.93. The number of ether oxygens (including phenoxy) is 2. The Kier molecular flexibility index (Phi) is 5.51. The first-order chi connectivity index (χ1) is 14.5. The Hall–Kier alpha value is -3.24. The number of amidine groups is 2.